The molecule has 2 heterocycles. The van der Waals surface area contributed by atoms with Crippen LogP contribution in [0, 0.1) is 0 Å². The Kier molecular flexibility index (Phi) is 2.68. The molecule has 0 fully saturated rings. The molecule has 18 heavy (non-hydrogen) atoms. The number of rotatable bonds is 2. The van der Waals surface area contributed by atoms with Gasteiger partial charge in [0.15, 0.2) is 11.6 Å². The molecule has 0 amide bonds. The van der Waals surface area contributed by atoms with Crippen molar-refractivity contribution in [2.24, 2.45) is 0 Å². The van der Waals surface area contributed by atoms with Crippen LogP contribution in [0.3, 0.4) is 0 Å². The Morgan fingerprint density at radius 2 is 2.06 bits per heavy atom. The molecule has 0 spiro atoms. The quantitative estimate of drug-likeness (QED) is 0.819. The van der Waals surface area contributed by atoms with Gasteiger partial charge >= 0.3 is 0 Å². The molecular weight excluding hydrogens is 228 g/mol. The smallest absolute Gasteiger partial charge is 0.168 e. The number of pyridine rings is 1. The molecule has 1 aliphatic rings. The van der Waals surface area contributed by atoms with Crippen molar-refractivity contribution in [1.29, 1.82) is 0 Å². The summed E-state index contributed by atoms with van der Waals surface area (Å²) in [4.78, 5) is 14.9. The minimum Gasteiger partial charge on any atom is -0.488 e. The Bertz CT molecular complexity index is 579. The maximum Gasteiger partial charge on any atom is 0.168 e. The van der Waals surface area contributed by atoms with Crippen molar-refractivity contribution >= 4 is 12.1 Å². The van der Waals surface area contributed by atoms with Crippen molar-refractivity contribution in [2.45, 2.75) is 0 Å². The first kappa shape index (κ1) is 10.8. The van der Waals surface area contributed by atoms with Crippen LogP contribution in [-0.2, 0) is 0 Å². The van der Waals surface area contributed by atoms with Gasteiger partial charge in [-0.15, -0.1) is 0 Å². The van der Waals surface area contributed by atoms with Crippen LogP contribution in [-0.4, -0.2) is 24.4 Å². The summed E-state index contributed by atoms with van der Waals surface area (Å²) in [7, 11) is 0. The molecule has 0 unspecified atom stereocenters. The van der Waals surface area contributed by atoms with Gasteiger partial charge in [-0.2, -0.15) is 0 Å². The van der Waals surface area contributed by atoms with Crippen LogP contribution >= 0.6 is 0 Å². The first-order valence-electron chi connectivity index (χ1n) is 5.79. The van der Waals surface area contributed by atoms with E-state index in [0.717, 1.165) is 35.5 Å². The third-order valence-electron chi connectivity index (χ3n) is 2.88. The number of nitrogens with one attached hydrogen (secondary N) is 1. The maximum absolute atomic E-state index is 10.6. The van der Waals surface area contributed by atoms with Crippen LogP contribution in [0.4, 0.5) is 5.82 Å². The van der Waals surface area contributed by atoms with Crippen LogP contribution in [0.25, 0.3) is 11.1 Å². The fourth-order valence-corrected chi connectivity index (χ4v) is 1.93. The lowest BCUT2D eigenvalue weighted by molar-refractivity contribution is 0.112. The van der Waals surface area contributed by atoms with Crippen LogP contribution in [0.2, 0.25) is 0 Å². The number of benzene rings is 1. The molecule has 0 saturated heterocycles. The molecular formula is C14H12N2O2. The molecule has 1 N–H and O–H groups in total. The number of anilines is 1. The van der Waals surface area contributed by atoms with Crippen LogP contribution < -0.4 is 10.1 Å². The van der Waals surface area contributed by atoms with Gasteiger partial charge in [0, 0.05) is 17.3 Å². The molecule has 4 nitrogen and oxygen atoms in total. The normalized spacial score (nSPS) is 13.1. The van der Waals surface area contributed by atoms with E-state index in [1.165, 1.54) is 0 Å². The Labute approximate surface area is 105 Å². The Hall–Kier alpha value is -2.36. The summed E-state index contributed by atoms with van der Waals surface area (Å²) in [5, 5.41) is 3.18. The van der Waals surface area contributed by atoms with Crippen molar-refractivity contribution in [1.82, 2.24) is 4.98 Å². The molecule has 2 aromatic rings. The average Bonchev–Trinajstić information content (AvgIpc) is 2.47. The molecule has 0 aliphatic carbocycles. The standard InChI is InChI=1S/C14H12N2O2/c17-9-10-1-3-11(4-2-10)12-7-13-14(16-8-12)15-5-6-18-13/h1-4,7-9H,5-6H2,(H,15,16). The average molecular weight is 240 g/mol. The summed E-state index contributed by atoms with van der Waals surface area (Å²) in [6.45, 7) is 1.44. The van der Waals surface area contributed by atoms with Crippen LogP contribution in [0.15, 0.2) is 36.5 Å². The molecule has 90 valence electrons. The SMILES string of the molecule is O=Cc1ccc(-c2cnc3c(c2)OCCN3)cc1. The van der Waals surface area contributed by atoms with Gasteiger partial charge in [-0.1, -0.05) is 24.3 Å². The van der Waals surface area contributed by atoms with E-state index < -0.39 is 0 Å². The van der Waals surface area contributed by atoms with Gasteiger partial charge < -0.3 is 10.1 Å². The van der Waals surface area contributed by atoms with Gasteiger partial charge in [0.25, 0.3) is 0 Å². The van der Waals surface area contributed by atoms with Gasteiger partial charge in [-0.25, -0.2) is 4.98 Å². The third kappa shape index (κ3) is 1.93. The molecule has 4 heteroatoms. The van der Waals surface area contributed by atoms with Crippen molar-refractivity contribution < 1.29 is 9.53 Å². The number of carbonyl (C=O) groups is 1. The number of carbonyl (C=O) groups excluding carboxylic acids is 1. The molecule has 1 aromatic carbocycles. The number of aldehydes is 1. The molecule has 1 aromatic heterocycles. The maximum atomic E-state index is 10.6. The number of aromatic nitrogens is 1. The number of fused-ring (bicyclic) bond motifs is 1. The van der Waals surface area contributed by atoms with Gasteiger partial charge in [0.1, 0.15) is 12.9 Å². The molecule has 0 radical (unpaired) electrons. The molecule has 0 atom stereocenters. The Morgan fingerprint density at radius 1 is 1.22 bits per heavy atom. The lowest BCUT2D eigenvalue weighted by Gasteiger charge is -2.18. The number of ether oxygens (including phenoxy) is 1. The second-order valence-corrected chi connectivity index (χ2v) is 4.09. The number of hydrogen-bond donors (Lipinski definition) is 1. The van der Waals surface area contributed by atoms with Gasteiger partial charge in [0.05, 0.1) is 6.54 Å². The van der Waals surface area contributed by atoms with E-state index >= 15 is 0 Å². The van der Waals surface area contributed by atoms with Crippen LogP contribution in [0.1, 0.15) is 10.4 Å². The molecule has 0 saturated carbocycles. The first-order valence-corrected chi connectivity index (χ1v) is 5.79. The minimum atomic E-state index is 0.655. The molecule has 0 bridgehead atoms. The van der Waals surface area contributed by atoms with Gasteiger partial charge in [-0.3, -0.25) is 4.79 Å². The highest BCUT2D eigenvalue weighted by Gasteiger charge is 2.11. The van der Waals surface area contributed by atoms with E-state index in [2.05, 4.69) is 10.3 Å². The fraction of sp³-hybridized carbons (Fsp3) is 0.143. The number of nitrogens with zero attached hydrogens (tertiary/aromatic N) is 1. The zero-order valence-electron chi connectivity index (χ0n) is 9.72. The minimum absolute atomic E-state index is 0.655. The lowest BCUT2D eigenvalue weighted by atomic mass is 10.1. The highest BCUT2D eigenvalue weighted by atomic mass is 16.5. The summed E-state index contributed by atoms with van der Waals surface area (Å²) < 4.78 is 5.55. The van der Waals surface area contributed by atoms with E-state index in [1.54, 1.807) is 18.3 Å². The predicted octanol–water partition coefficient (Wildman–Crippen LogP) is 2.37. The van der Waals surface area contributed by atoms with Gasteiger partial charge in [0.2, 0.25) is 0 Å². The summed E-state index contributed by atoms with van der Waals surface area (Å²) in [5.74, 6) is 1.56. The van der Waals surface area contributed by atoms with E-state index in [9.17, 15) is 4.79 Å². The van der Waals surface area contributed by atoms with E-state index in [-0.39, 0.29) is 0 Å². The van der Waals surface area contributed by atoms with Crippen molar-refractivity contribution in [2.75, 3.05) is 18.5 Å². The highest BCUT2D eigenvalue weighted by molar-refractivity contribution is 5.77. The fourth-order valence-electron chi connectivity index (χ4n) is 1.93. The zero-order chi connectivity index (χ0) is 12.4. The van der Waals surface area contributed by atoms with Gasteiger partial charge in [-0.05, 0) is 11.6 Å². The summed E-state index contributed by atoms with van der Waals surface area (Å²) >= 11 is 0. The van der Waals surface area contributed by atoms with Crippen molar-refractivity contribution in [3.63, 3.8) is 0 Å². The summed E-state index contributed by atoms with van der Waals surface area (Å²) in [5.41, 5.74) is 2.67. The largest absolute Gasteiger partial charge is 0.488 e. The zero-order valence-corrected chi connectivity index (χ0v) is 9.72. The Morgan fingerprint density at radius 3 is 2.83 bits per heavy atom. The summed E-state index contributed by atoms with van der Waals surface area (Å²) in [6, 6.07) is 9.36. The summed E-state index contributed by atoms with van der Waals surface area (Å²) in [6.07, 6.45) is 2.64. The predicted molar refractivity (Wildman–Crippen MR) is 69.0 cm³/mol. The highest BCUT2D eigenvalue weighted by Crippen LogP contribution is 2.30. The van der Waals surface area contributed by atoms with Crippen molar-refractivity contribution in [3.05, 3.63) is 42.1 Å². The number of hydrogen-bond acceptors (Lipinski definition) is 4. The first-order chi connectivity index (χ1) is 8.86. The monoisotopic (exact) mass is 240 g/mol. The third-order valence-corrected chi connectivity index (χ3v) is 2.88. The second kappa shape index (κ2) is 4.49. The van der Waals surface area contributed by atoms with E-state index in [1.807, 2.05) is 18.2 Å². The second-order valence-electron chi connectivity index (χ2n) is 4.09. The van der Waals surface area contributed by atoms with Crippen molar-refractivity contribution in [3.8, 4) is 16.9 Å². The van der Waals surface area contributed by atoms with E-state index in [0.29, 0.717) is 12.2 Å². The lowest BCUT2D eigenvalue weighted by Crippen LogP contribution is -2.18. The van der Waals surface area contributed by atoms with Crippen LogP contribution in [0.5, 0.6) is 5.75 Å². The van der Waals surface area contributed by atoms with E-state index in [4.69, 9.17) is 4.74 Å². The topological polar surface area (TPSA) is 51.2 Å². The molecule has 1 aliphatic heterocycles. The molecule has 3 rings (SSSR count). The Balaban J connectivity index is 1.98.